The largest absolute Gasteiger partial charge is 0.353 e. The van der Waals surface area contributed by atoms with Crippen molar-refractivity contribution >= 4 is 5.91 Å². The van der Waals surface area contributed by atoms with E-state index in [4.69, 9.17) is 0 Å². The number of nitrogens with one attached hydrogen (secondary N) is 2. The molecule has 2 heterocycles. The minimum absolute atomic E-state index is 0.0416. The molecule has 0 spiro atoms. The Balaban J connectivity index is 1.24. The van der Waals surface area contributed by atoms with E-state index in [0.29, 0.717) is 12.5 Å². The van der Waals surface area contributed by atoms with E-state index in [0.717, 1.165) is 56.7 Å². The van der Waals surface area contributed by atoms with Gasteiger partial charge in [0, 0.05) is 38.0 Å². The van der Waals surface area contributed by atoms with E-state index in [1.54, 1.807) is 0 Å². The van der Waals surface area contributed by atoms with Crippen LogP contribution >= 0.6 is 0 Å². The fraction of sp³-hybridized carbons (Fsp3) is 0.526. The zero-order valence-electron chi connectivity index (χ0n) is 14.4. The highest BCUT2D eigenvalue weighted by atomic mass is 16.1. The monoisotopic (exact) mass is 339 g/mol. The topological polar surface area (TPSA) is 73.9 Å². The molecule has 1 unspecified atom stereocenters. The van der Waals surface area contributed by atoms with Crippen LogP contribution in [0.15, 0.2) is 30.3 Å². The van der Waals surface area contributed by atoms with Gasteiger partial charge in [-0.3, -0.25) is 9.69 Å². The number of aryl methyl sites for hydroxylation is 1. The predicted molar refractivity (Wildman–Crippen MR) is 94.8 cm³/mol. The maximum atomic E-state index is 12.6. The molecule has 132 valence electrons. The average molecular weight is 339 g/mol. The van der Waals surface area contributed by atoms with Crippen LogP contribution < -0.4 is 5.32 Å². The third-order valence-electron chi connectivity index (χ3n) is 5.43. The zero-order chi connectivity index (χ0) is 17.1. The minimum Gasteiger partial charge on any atom is -0.353 e. The highest BCUT2D eigenvalue weighted by molar-refractivity contribution is 5.79. The molecule has 25 heavy (non-hydrogen) atoms. The lowest BCUT2D eigenvalue weighted by Crippen LogP contribution is -2.46. The predicted octanol–water partition coefficient (Wildman–Crippen LogP) is 1.69. The smallest absolute Gasteiger partial charge is 0.223 e. The van der Waals surface area contributed by atoms with Crippen LogP contribution in [-0.2, 0) is 24.2 Å². The maximum absolute atomic E-state index is 12.6. The van der Waals surface area contributed by atoms with Crippen molar-refractivity contribution in [3.8, 4) is 0 Å². The van der Waals surface area contributed by atoms with Crippen molar-refractivity contribution in [2.24, 2.45) is 5.92 Å². The normalized spacial score (nSPS) is 21.7. The Kier molecular flexibility index (Phi) is 4.78. The number of aromatic amines is 1. The number of amides is 1. The molecule has 1 aliphatic carbocycles. The van der Waals surface area contributed by atoms with Crippen LogP contribution in [0.2, 0.25) is 0 Å². The Morgan fingerprint density at radius 2 is 1.88 bits per heavy atom. The number of hydrogen-bond donors (Lipinski definition) is 2. The van der Waals surface area contributed by atoms with Crippen molar-refractivity contribution < 1.29 is 4.79 Å². The number of piperidine rings is 1. The molecule has 0 radical (unpaired) electrons. The molecule has 1 atom stereocenters. The van der Waals surface area contributed by atoms with Crippen LogP contribution in [0.5, 0.6) is 0 Å². The Morgan fingerprint density at radius 1 is 1.12 bits per heavy atom. The molecule has 6 nitrogen and oxygen atoms in total. The van der Waals surface area contributed by atoms with E-state index in [9.17, 15) is 4.79 Å². The number of carbonyl (C=O) groups excluding carboxylic acids is 1. The van der Waals surface area contributed by atoms with Crippen LogP contribution in [0, 0.1) is 5.92 Å². The number of H-pyrrole nitrogens is 1. The summed E-state index contributed by atoms with van der Waals surface area (Å²) in [5.41, 5.74) is 3.35. The standard InChI is InChI=1S/C19H25N5O/c25-19(15-6-7-17-18(12-15)22-23-21-17)20-16-8-10-24(11-9-16)13-14-4-2-1-3-5-14/h1-5,15-16H,6-13H2,(H,20,25)(H,21,22,23). The first-order chi connectivity index (χ1) is 12.3. The number of benzene rings is 1. The molecule has 2 aliphatic rings. The van der Waals surface area contributed by atoms with Gasteiger partial charge in [0.05, 0.1) is 11.4 Å². The molecular formula is C19H25N5O. The first-order valence-corrected chi connectivity index (χ1v) is 9.23. The second kappa shape index (κ2) is 7.35. The molecule has 1 aliphatic heterocycles. The van der Waals surface area contributed by atoms with Crippen LogP contribution in [0.25, 0.3) is 0 Å². The number of hydrogen-bond acceptors (Lipinski definition) is 4. The van der Waals surface area contributed by atoms with Crippen LogP contribution in [0.4, 0.5) is 0 Å². The second-order valence-corrected chi connectivity index (χ2v) is 7.20. The van der Waals surface area contributed by atoms with Gasteiger partial charge in [0.25, 0.3) is 0 Å². The Hall–Kier alpha value is -2.21. The Bertz CT molecular complexity index is 706. The molecule has 0 saturated carbocycles. The van der Waals surface area contributed by atoms with E-state index in [1.165, 1.54) is 5.56 Å². The quantitative estimate of drug-likeness (QED) is 0.889. The number of aromatic nitrogens is 3. The highest BCUT2D eigenvalue weighted by Gasteiger charge is 2.29. The van der Waals surface area contributed by atoms with Gasteiger partial charge >= 0.3 is 0 Å². The Morgan fingerprint density at radius 3 is 2.68 bits per heavy atom. The highest BCUT2D eigenvalue weighted by Crippen LogP contribution is 2.23. The number of rotatable bonds is 4. The average Bonchev–Trinajstić information content (AvgIpc) is 3.12. The second-order valence-electron chi connectivity index (χ2n) is 7.20. The molecule has 2 aromatic rings. The number of nitrogens with zero attached hydrogens (tertiary/aromatic N) is 3. The maximum Gasteiger partial charge on any atom is 0.223 e. The van der Waals surface area contributed by atoms with Gasteiger partial charge < -0.3 is 5.32 Å². The van der Waals surface area contributed by atoms with Crippen molar-refractivity contribution in [1.82, 2.24) is 25.6 Å². The van der Waals surface area contributed by atoms with Crippen molar-refractivity contribution in [2.75, 3.05) is 13.1 Å². The van der Waals surface area contributed by atoms with E-state index < -0.39 is 0 Å². The van der Waals surface area contributed by atoms with Gasteiger partial charge in [-0.05, 0) is 31.2 Å². The first-order valence-electron chi connectivity index (χ1n) is 9.23. The molecule has 1 aromatic heterocycles. The van der Waals surface area contributed by atoms with Crippen molar-refractivity contribution in [3.63, 3.8) is 0 Å². The molecular weight excluding hydrogens is 314 g/mol. The molecule has 1 amide bonds. The van der Waals surface area contributed by atoms with Gasteiger partial charge in [-0.1, -0.05) is 30.3 Å². The van der Waals surface area contributed by atoms with Gasteiger partial charge in [-0.2, -0.15) is 15.4 Å². The Labute approximate surface area is 148 Å². The van der Waals surface area contributed by atoms with Crippen LogP contribution in [0.1, 0.15) is 36.2 Å². The molecule has 2 N–H and O–H groups in total. The number of carbonyl (C=O) groups is 1. The fourth-order valence-electron chi connectivity index (χ4n) is 3.90. The van der Waals surface area contributed by atoms with Crippen LogP contribution in [0.3, 0.4) is 0 Å². The molecule has 0 bridgehead atoms. The minimum atomic E-state index is 0.0416. The van der Waals surface area contributed by atoms with Crippen LogP contribution in [-0.4, -0.2) is 45.3 Å². The van der Waals surface area contributed by atoms with Gasteiger partial charge in [0.1, 0.15) is 0 Å². The molecule has 4 rings (SSSR count). The van der Waals surface area contributed by atoms with Gasteiger partial charge in [-0.15, -0.1) is 0 Å². The van der Waals surface area contributed by atoms with E-state index in [1.807, 2.05) is 0 Å². The molecule has 1 aromatic carbocycles. The van der Waals surface area contributed by atoms with E-state index >= 15 is 0 Å². The summed E-state index contributed by atoms with van der Waals surface area (Å²) in [5, 5.41) is 14.2. The summed E-state index contributed by atoms with van der Waals surface area (Å²) in [4.78, 5) is 15.1. The summed E-state index contributed by atoms with van der Waals surface area (Å²) < 4.78 is 0. The molecule has 1 saturated heterocycles. The fourth-order valence-corrected chi connectivity index (χ4v) is 3.90. The van der Waals surface area contributed by atoms with E-state index in [-0.39, 0.29) is 11.8 Å². The lowest BCUT2D eigenvalue weighted by Gasteiger charge is -2.33. The summed E-state index contributed by atoms with van der Waals surface area (Å²) in [6, 6.07) is 10.9. The molecule has 1 fully saturated rings. The molecule has 6 heteroatoms. The third kappa shape index (κ3) is 3.90. The van der Waals surface area contributed by atoms with Crippen molar-refractivity contribution in [3.05, 3.63) is 47.3 Å². The third-order valence-corrected chi connectivity index (χ3v) is 5.43. The number of fused-ring (bicyclic) bond motifs is 1. The summed E-state index contributed by atoms with van der Waals surface area (Å²) in [5.74, 6) is 0.232. The summed E-state index contributed by atoms with van der Waals surface area (Å²) >= 11 is 0. The first kappa shape index (κ1) is 16.3. The van der Waals surface area contributed by atoms with Gasteiger partial charge in [-0.25, -0.2) is 0 Å². The van der Waals surface area contributed by atoms with Crippen molar-refractivity contribution in [2.45, 2.75) is 44.7 Å². The van der Waals surface area contributed by atoms with Gasteiger partial charge in [0.15, 0.2) is 0 Å². The summed E-state index contributed by atoms with van der Waals surface area (Å²) in [6.07, 6.45) is 4.49. The number of likely N-dealkylation sites (tertiary alicyclic amines) is 1. The lowest BCUT2D eigenvalue weighted by atomic mass is 9.88. The SMILES string of the molecule is O=C(NC1CCN(Cc2ccccc2)CC1)C1CCc2n[nH]nc2C1. The van der Waals surface area contributed by atoms with Crippen molar-refractivity contribution in [1.29, 1.82) is 0 Å². The lowest BCUT2D eigenvalue weighted by molar-refractivity contribution is -0.126. The zero-order valence-corrected chi connectivity index (χ0v) is 14.4. The van der Waals surface area contributed by atoms with Gasteiger partial charge in [0.2, 0.25) is 5.91 Å². The van der Waals surface area contributed by atoms with E-state index in [2.05, 4.69) is 56.0 Å². The summed E-state index contributed by atoms with van der Waals surface area (Å²) in [7, 11) is 0. The summed E-state index contributed by atoms with van der Waals surface area (Å²) in [6.45, 7) is 3.08.